The average molecular weight is 421 g/mol. The minimum atomic E-state index is -1.13. The summed E-state index contributed by atoms with van der Waals surface area (Å²) in [6, 6.07) is 8.74. The molecule has 0 aliphatic carbocycles. The molecule has 0 saturated carbocycles. The van der Waals surface area contributed by atoms with Crippen molar-refractivity contribution in [3.63, 3.8) is 0 Å². The average Bonchev–Trinajstić information content (AvgIpc) is 3.09. The lowest BCUT2D eigenvalue weighted by atomic mass is 10.1. The summed E-state index contributed by atoms with van der Waals surface area (Å²) < 4.78 is 25.2. The molecular formula is C20H24FN3O6. The normalized spacial score (nSPS) is 22.0. The number of ether oxygens (including phenoxy) is 2. The van der Waals surface area contributed by atoms with E-state index in [0.717, 1.165) is 16.3 Å². The monoisotopic (exact) mass is 421 g/mol. The first kappa shape index (κ1) is 21.9. The third-order valence-electron chi connectivity index (χ3n) is 4.86. The van der Waals surface area contributed by atoms with Crippen LogP contribution in [0.3, 0.4) is 0 Å². The second-order valence-corrected chi connectivity index (χ2v) is 6.98. The molecule has 10 heteroatoms. The molecule has 0 amide bonds. The van der Waals surface area contributed by atoms with E-state index in [-0.39, 0.29) is 19.6 Å². The number of hydrogen-bond donors (Lipinski definition) is 3. The Labute approximate surface area is 171 Å². The predicted molar refractivity (Wildman–Crippen MR) is 104 cm³/mol. The summed E-state index contributed by atoms with van der Waals surface area (Å²) in [5, 5.41) is 13.4. The number of aromatic nitrogens is 2. The highest BCUT2D eigenvalue weighted by Crippen LogP contribution is 2.27. The van der Waals surface area contributed by atoms with E-state index in [1.807, 2.05) is 35.3 Å². The Bertz CT molecular complexity index is 976. The lowest BCUT2D eigenvalue weighted by molar-refractivity contribution is -0.145. The summed E-state index contributed by atoms with van der Waals surface area (Å²) in [4.78, 5) is 37.3. The number of rotatable bonds is 8. The molecule has 3 rings (SSSR count). The van der Waals surface area contributed by atoms with Crippen molar-refractivity contribution in [2.45, 2.75) is 44.2 Å². The van der Waals surface area contributed by atoms with Crippen LogP contribution in [0.15, 0.2) is 46.1 Å². The highest BCUT2D eigenvalue weighted by Gasteiger charge is 2.36. The number of carbonyl (C=O) groups is 1. The summed E-state index contributed by atoms with van der Waals surface area (Å²) in [5.41, 5.74) is -1.02. The Hall–Kier alpha value is -2.82. The van der Waals surface area contributed by atoms with E-state index in [2.05, 4.69) is 5.32 Å². The maximum atomic E-state index is 13.5. The molecule has 1 saturated heterocycles. The summed E-state index contributed by atoms with van der Waals surface area (Å²) in [6.45, 7) is 2.05. The lowest BCUT2D eigenvalue weighted by Crippen LogP contribution is -2.45. The molecule has 1 aromatic heterocycles. The Morgan fingerprint density at radius 1 is 1.40 bits per heavy atom. The summed E-state index contributed by atoms with van der Waals surface area (Å²) >= 11 is 0. The highest BCUT2D eigenvalue weighted by molar-refractivity contribution is 5.76. The standard InChI is InChI=1S/C20H24FN3O6/c1-2-29-19(27)14(8-12-6-4-3-5-7-12)22-10-16-15(25)9-17(30-16)24-11-13(21)18(26)23-20(24)28/h3-7,11,14-17,22,25H,2,8-10H2,1H3,(H,23,26,28)/t14-,15-,16+,17+/m0/s1. The van der Waals surface area contributed by atoms with Crippen LogP contribution in [0.25, 0.3) is 0 Å². The van der Waals surface area contributed by atoms with Crippen LogP contribution < -0.4 is 16.6 Å². The number of esters is 1. The molecule has 162 valence electrons. The quantitative estimate of drug-likeness (QED) is 0.516. The SMILES string of the molecule is CCOC(=O)[C@H](Cc1ccccc1)NC[C@H]1O[C@@H](n2cc(F)c(=O)[nH]c2=O)C[C@@H]1O. The van der Waals surface area contributed by atoms with Crippen LogP contribution in [0, 0.1) is 5.82 Å². The van der Waals surface area contributed by atoms with Gasteiger partial charge in [-0.2, -0.15) is 4.39 Å². The molecule has 0 bridgehead atoms. The van der Waals surface area contributed by atoms with Gasteiger partial charge in [0.05, 0.1) is 25.0 Å². The minimum Gasteiger partial charge on any atom is -0.465 e. The van der Waals surface area contributed by atoms with E-state index in [9.17, 15) is 23.9 Å². The molecule has 4 atom stereocenters. The summed E-state index contributed by atoms with van der Waals surface area (Å²) in [6.07, 6.45) is -1.48. The van der Waals surface area contributed by atoms with Gasteiger partial charge in [0.2, 0.25) is 5.82 Å². The molecule has 1 aromatic carbocycles. The van der Waals surface area contributed by atoms with Crippen molar-refractivity contribution < 1.29 is 23.8 Å². The Balaban J connectivity index is 1.67. The zero-order valence-corrected chi connectivity index (χ0v) is 16.4. The molecule has 2 heterocycles. The zero-order valence-electron chi connectivity index (χ0n) is 16.4. The van der Waals surface area contributed by atoms with Crippen LogP contribution in [0.5, 0.6) is 0 Å². The molecule has 0 unspecified atom stereocenters. The van der Waals surface area contributed by atoms with Crippen LogP contribution >= 0.6 is 0 Å². The van der Waals surface area contributed by atoms with Crippen LogP contribution in [0.4, 0.5) is 4.39 Å². The molecule has 3 N–H and O–H groups in total. The van der Waals surface area contributed by atoms with Crippen molar-refractivity contribution >= 4 is 5.97 Å². The van der Waals surface area contributed by atoms with Crippen molar-refractivity contribution in [2.24, 2.45) is 0 Å². The van der Waals surface area contributed by atoms with Gasteiger partial charge in [0, 0.05) is 13.0 Å². The largest absolute Gasteiger partial charge is 0.465 e. The Morgan fingerprint density at radius 2 is 2.13 bits per heavy atom. The van der Waals surface area contributed by atoms with Gasteiger partial charge in [-0.1, -0.05) is 30.3 Å². The first-order valence-electron chi connectivity index (χ1n) is 9.67. The van der Waals surface area contributed by atoms with Crippen LogP contribution in [0.2, 0.25) is 0 Å². The van der Waals surface area contributed by atoms with Gasteiger partial charge < -0.3 is 19.9 Å². The summed E-state index contributed by atoms with van der Waals surface area (Å²) in [7, 11) is 0. The molecule has 1 fully saturated rings. The minimum absolute atomic E-state index is 0.0283. The van der Waals surface area contributed by atoms with Crippen molar-refractivity contribution in [3.8, 4) is 0 Å². The highest BCUT2D eigenvalue weighted by atomic mass is 19.1. The van der Waals surface area contributed by atoms with Gasteiger partial charge in [0.15, 0.2) is 0 Å². The number of hydrogen-bond acceptors (Lipinski definition) is 7. The van der Waals surface area contributed by atoms with Crippen LogP contribution in [-0.2, 0) is 20.7 Å². The first-order valence-corrected chi connectivity index (χ1v) is 9.67. The second-order valence-electron chi connectivity index (χ2n) is 6.98. The number of aliphatic hydroxyl groups is 1. The van der Waals surface area contributed by atoms with Crippen molar-refractivity contribution in [1.82, 2.24) is 14.9 Å². The number of nitrogens with one attached hydrogen (secondary N) is 2. The number of carbonyl (C=O) groups excluding carboxylic acids is 1. The van der Waals surface area contributed by atoms with E-state index >= 15 is 0 Å². The van der Waals surface area contributed by atoms with Crippen molar-refractivity contribution in [3.05, 3.63) is 68.7 Å². The topological polar surface area (TPSA) is 123 Å². The number of aromatic amines is 1. The fourth-order valence-corrected chi connectivity index (χ4v) is 3.33. The van der Waals surface area contributed by atoms with Crippen molar-refractivity contribution in [2.75, 3.05) is 13.2 Å². The second kappa shape index (κ2) is 9.79. The van der Waals surface area contributed by atoms with Gasteiger partial charge in [-0.25, -0.2) is 4.79 Å². The number of nitrogens with zero attached hydrogens (tertiary/aromatic N) is 1. The predicted octanol–water partition coefficient (Wildman–Crippen LogP) is 0.0881. The molecule has 2 aromatic rings. The fourth-order valence-electron chi connectivity index (χ4n) is 3.33. The van der Waals surface area contributed by atoms with Crippen LogP contribution in [-0.4, -0.2) is 52.0 Å². The summed E-state index contributed by atoms with van der Waals surface area (Å²) in [5.74, 6) is -1.55. The van der Waals surface area contributed by atoms with E-state index in [1.165, 1.54) is 0 Å². The van der Waals surface area contributed by atoms with E-state index < -0.39 is 47.5 Å². The third kappa shape index (κ3) is 5.21. The number of halogens is 1. The Kier molecular flexibility index (Phi) is 7.14. The molecule has 0 spiro atoms. The number of H-pyrrole nitrogens is 1. The van der Waals surface area contributed by atoms with Crippen molar-refractivity contribution in [1.29, 1.82) is 0 Å². The molecule has 30 heavy (non-hydrogen) atoms. The molecular weight excluding hydrogens is 397 g/mol. The van der Waals surface area contributed by atoms with E-state index in [0.29, 0.717) is 6.42 Å². The number of benzene rings is 1. The van der Waals surface area contributed by atoms with Gasteiger partial charge in [-0.15, -0.1) is 0 Å². The van der Waals surface area contributed by atoms with Gasteiger partial charge in [0.25, 0.3) is 5.56 Å². The number of aliphatic hydroxyl groups excluding tert-OH is 1. The smallest absolute Gasteiger partial charge is 0.330 e. The maximum absolute atomic E-state index is 13.5. The van der Waals surface area contributed by atoms with Gasteiger partial charge in [-0.3, -0.25) is 19.1 Å². The van der Waals surface area contributed by atoms with Crippen LogP contribution in [0.1, 0.15) is 25.1 Å². The molecule has 9 nitrogen and oxygen atoms in total. The third-order valence-corrected chi connectivity index (χ3v) is 4.86. The molecule has 1 aliphatic heterocycles. The molecule has 1 aliphatic rings. The fraction of sp³-hybridized carbons (Fsp3) is 0.450. The Morgan fingerprint density at radius 3 is 2.83 bits per heavy atom. The van der Waals surface area contributed by atoms with Gasteiger partial charge in [0.1, 0.15) is 12.3 Å². The maximum Gasteiger partial charge on any atom is 0.330 e. The lowest BCUT2D eigenvalue weighted by Gasteiger charge is -2.21. The van der Waals surface area contributed by atoms with E-state index in [4.69, 9.17) is 9.47 Å². The van der Waals surface area contributed by atoms with Gasteiger partial charge in [-0.05, 0) is 18.9 Å². The first-order chi connectivity index (χ1) is 14.4. The zero-order chi connectivity index (χ0) is 21.7. The van der Waals surface area contributed by atoms with Gasteiger partial charge >= 0.3 is 11.7 Å². The molecule has 0 radical (unpaired) electrons. The van der Waals surface area contributed by atoms with E-state index in [1.54, 1.807) is 6.92 Å².